The highest BCUT2D eigenvalue weighted by molar-refractivity contribution is 5.43. The number of nitrogens with zero attached hydrogens (tertiary/aromatic N) is 1. The van der Waals surface area contributed by atoms with Gasteiger partial charge in [0.15, 0.2) is 0 Å². The molecule has 1 nitrogen and oxygen atoms in total. The summed E-state index contributed by atoms with van der Waals surface area (Å²) in [6, 6.07) is 0. The normalized spacial score (nSPS) is 9.29. The summed E-state index contributed by atoms with van der Waals surface area (Å²) < 4.78 is 0. The molecule has 0 aliphatic carbocycles. The maximum Gasteiger partial charge on any atom is 0.0688 e. The first-order chi connectivity index (χ1) is 6.61. The Hall–Kier alpha value is -1.37. The zero-order valence-electron chi connectivity index (χ0n) is 9.80. The zero-order valence-corrected chi connectivity index (χ0v) is 9.80. The van der Waals surface area contributed by atoms with Gasteiger partial charge in [-0.25, -0.2) is 0 Å². The highest BCUT2D eigenvalue weighted by Crippen LogP contribution is 2.09. The molecule has 0 radical (unpaired) electrons. The second kappa shape index (κ2) is 9.72. The van der Waals surface area contributed by atoms with Gasteiger partial charge in [-0.3, -0.25) is 4.99 Å². The number of hydrogen-bond acceptors (Lipinski definition) is 1. The van der Waals surface area contributed by atoms with E-state index in [1.807, 2.05) is 39.8 Å². The molecule has 78 valence electrons. The molecule has 1 heteroatoms. The number of rotatable bonds is 4. The van der Waals surface area contributed by atoms with Crippen molar-refractivity contribution in [2.45, 2.75) is 27.7 Å². The first kappa shape index (κ1) is 15.1. The second-order valence-electron chi connectivity index (χ2n) is 2.68. The van der Waals surface area contributed by atoms with Gasteiger partial charge in [-0.2, -0.15) is 0 Å². The maximum atomic E-state index is 3.83. The van der Waals surface area contributed by atoms with Gasteiger partial charge in [0.1, 0.15) is 0 Å². The van der Waals surface area contributed by atoms with Crippen molar-refractivity contribution in [1.29, 1.82) is 0 Å². The Kier molecular flexibility index (Phi) is 10.5. The Morgan fingerprint density at radius 1 is 1.14 bits per heavy atom. The predicted octanol–water partition coefficient (Wildman–Crippen LogP) is 4.31. The van der Waals surface area contributed by atoms with E-state index >= 15 is 0 Å². The fourth-order valence-corrected chi connectivity index (χ4v) is 0.611. The van der Waals surface area contributed by atoms with Gasteiger partial charge in [-0.05, 0) is 32.2 Å². The van der Waals surface area contributed by atoms with E-state index in [0.29, 0.717) is 0 Å². The van der Waals surface area contributed by atoms with Crippen molar-refractivity contribution in [2.24, 2.45) is 4.99 Å². The van der Waals surface area contributed by atoms with Gasteiger partial charge in [0.25, 0.3) is 0 Å². The minimum atomic E-state index is 0.770. The lowest BCUT2D eigenvalue weighted by molar-refractivity contribution is 1.34. The summed E-state index contributed by atoms with van der Waals surface area (Å²) in [5.41, 5.74) is 2.78. The molecule has 14 heavy (non-hydrogen) atoms. The highest BCUT2D eigenvalue weighted by Gasteiger charge is 1.92. The molecule has 0 bridgehead atoms. The molecule has 0 atom stereocenters. The number of allylic oxidation sites excluding steroid dienone is 4. The number of hydrogen-bond donors (Lipinski definition) is 0. The van der Waals surface area contributed by atoms with Gasteiger partial charge in [-0.15, -0.1) is 0 Å². The van der Waals surface area contributed by atoms with Crippen LogP contribution in [0.3, 0.4) is 0 Å². The van der Waals surface area contributed by atoms with E-state index < -0.39 is 0 Å². The summed E-state index contributed by atoms with van der Waals surface area (Å²) in [4.78, 5) is 3.83. The molecular weight excluding hydrogens is 170 g/mol. The minimum absolute atomic E-state index is 0.770. The van der Waals surface area contributed by atoms with E-state index in [0.717, 1.165) is 11.3 Å². The highest BCUT2D eigenvalue weighted by atomic mass is 14.7. The SMILES string of the molecule is C=CC(=C)/C(=C\C=C(C)C)N=C.CC. The Labute approximate surface area is 88.3 Å². The average molecular weight is 191 g/mol. The topological polar surface area (TPSA) is 12.4 Å². The molecule has 0 spiro atoms. The molecule has 0 aromatic heterocycles. The van der Waals surface area contributed by atoms with Crippen LogP contribution in [0.25, 0.3) is 0 Å². The van der Waals surface area contributed by atoms with Gasteiger partial charge in [-0.1, -0.05) is 44.7 Å². The van der Waals surface area contributed by atoms with E-state index in [4.69, 9.17) is 0 Å². The first-order valence-electron chi connectivity index (χ1n) is 4.75. The van der Waals surface area contributed by atoms with Crippen LogP contribution in [0.5, 0.6) is 0 Å². The first-order valence-corrected chi connectivity index (χ1v) is 4.75. The summed E-state index contributed by atoms with van der Waals surface area (Å²) in [5, 5.41) is 0. The molecule has 0 aliphatic heterocycles. The van der Waals surface area contributed by atoms with Crippen molar-refractivity contribution in [3.63, 3.8) is 0 Å². The zero-order chi connectivity index (χ0) is 11.6. The lowest BCUT2D eigenvalue weighted by Crippen LogP contribution is -1.78. The maximum absolute atomic E-state index is 3.83. The summed E-state index contributed by atoms with van der Waals surface area (Å²) in [6.45, 7) is 18.9. The molecule has 0 rings (SSSR count). The minimum Gasteiger partial charge on any atom is -0.264 e. The Balaban J connectivity index is 0. The quantitative estimate of drug-likeness (QED) is 0.464. The predicted molar refractivity (Wildman–Crippen MR) is 67.7 cm³/mol. The van der Waals surface area contributed by atoms with Crippen molar-refractivity contribution in [1.82, 2.24) is 0 Å². The van der Waals surface area contributed by atoms with Crippen LogP contribution in [0.15, 0.2) is 53.2 Å². The monoisotopic (exact) mass is 191 g/mol. The molecule has 0 aliphatic rings. The second-order valence-corrected chi connectivity index (χ2v) is 2.68. The van der Waals surface area contributed by atoms with Crippen LogP contribution in [0.2, 0.25) is 0 Å². The lowest BCUT2D eigenvalue weighted by Gasteiger charge is -1.97. The van der Waals surface area contributed by atoms with Gasteiger partial charge in [0.05, 0.1) is 5.70 Å². The molecule has 0 fully saturated rings. The van der Waals surface area contributed by atoms with E-state index in [-0.39, 0.29) is 0 Å². The molecule has 0 aromatic carbocycles. The summed E-state index contributed by atoms with van der Waals surface area (Å²) >= 11 is 0. The van der Waals surface area contributed by atoms with Crippen molar-refractivity contribution in [3.8, 4) is 0 Å². The molecule has 0 unspecified atom stereocenters. The third-order valence-corrected chi connectivity index (χ3v) is 1.32. The van der Waals surface area contributed by atoms with Gasteiger partial charge in [0.2, 0.25) is 0 Å². The molecule has 0 saturated carbocycles. The third kappa shape index (κ3) is 7.29. The fraction of sp³-hybridized carbons (Fsp3) is 0.308. The van der Waals surface area contributed by atoms with Crippen molar-refractivity contribution < 1.29 is 0 Å². The van der Waals surface area contributed by atoms with Crippen molar-refractivity contribution >= 4 is 6.72 Å². The van der Waals surface area contributed by atoms with Crippen LogP contribution in [-0.4, -0.2) is 6.72 Å². The molecule has 0 amide bonds. The van der Waals surface area contributed by atoms with Gasteiger partial charge >= 0.3 is 0 Å². The van der Waals surface area contributed by atoms with E-state index in [1.54, 1.807) is 6.08 Å². The van der Waals surface area contributed by atoms with E-state index in [9.17, 15) is 0 Å². The third-order valence-electron chi connectivity index (χ3n) is 1.32. The standard InChI is InChI=1S/C11H15N.C2H6/c1-6-10(4)11(12-5)8-7-9(2)3;1-2/h6-8H,1,4-5H2,2-3H3;1-2H3/b11-8+;. The van der Waals surface area contributed by atoms with Gasteiger partial charge in [0, 0.05) is 0 Å². The molecule has 0 aromatic rings. The Morgan fingerprint density at radius 3 is 1.93 bits per heavy atom. The molecule has 0 N–H and O–H groups in total. The Morgan fingerprint density at radius 2 is 1.64 bits per heavy atom. The van der Waals surface area contributed by atoms with Crippen LogP contribution >= 0.6 is 0 Å². The summed E-state index contributed by atoms with van der Waals surface area (Å²) in [6.07, 6.45) is 5.52. The number of aliphatic imine (C=N–C) groups is 1. The van der Waals surface area contributed by atoms with Crippen LogP contribution in [0.1, 0.15) is 27.7 Å². The Bertz CT molecular complexity index is 250. The fourth-order valence-electron chi connectivity index (χ4n) is 0.611. The molecule has 0 heterocycles. The van der Waals surface area contributed by atoms with Crippen molar-refractivity contribution in [2.75, 3.05) is 0 Å². The van der Waals surface area contributed by atoms with Crippen LogP contribution in [-0.2, 0) is 0 Å². The van der Waals surface area contributed by atoms with Crippen LogP contribution in [0.4, 0.5) is 0 Å². The van der Waals surface area contributed by atoms with Gasteiger partial charge < -0.3 is 0 Å². The summed E-state index contributed by atoms with van der Waals surface area (Å²) in [5.74, 6) is 0. The van der Waals surface area contributed by atoms with Crippen LogP contribution < -0.4 is 0 Å². The van der Waals surface area contributed by atoms with E-state index in [1.165, 1.54) is 5.57 Å². The van der Waals surface area contributed by atoms with Crippen LogP contribution in [0, 0.1) is 0 Å². The smallest absolute Gasteiger partial charge is 0.0688 e. The van der Waals surface area contributed by atoms with Crippen molar-refractivity contribution in [3.05, 3.63) is 48.2 Å². The average Bonchev–Trinajstić information content (AvgIpc) is 2.21. The van der Waals surface area contributed by atoms with E-state index in [2.05, 4.69) is 24.9 Å². The largest absolute Gasteiger partial charge is 0.264 e. The molecule has 0 saturated heterocycles. The lowest BCUT2D eigenvalue weighted by atomic mass is 10.2. The molecular formula is C13H21N. The summed E-state index contributed by atoms with van der Waals surface area (Å²) in [7, 11) is 0.